The molecule has 0 bridgehead atoms. The van der Waals surface area contributed by atoms with Gasteiger partial charge >= 0.3 is 0 Å². The minimum absolute atomic E-state index is 0.190. The van der Waals surface area contributed by atoms with E-state index in [1.54, 1.807) is 0 Å². The zero-order valence-corrected chi connectivity index (χ0v) is 16.3. The molecule has 0 amide bonds. The molecule has 2 atom stereocenters. The first kappa shape index (κ1) is 18.7. The quantitative estimate of drug-likeness (QED) is 0.781. The van der Waals surface area contributed by atoms with Crippen LogP contribution in [-0.2, 0) is 19.4 Å². The van der Waals surface area contributed by atoms with Crippen molar-refractivity contribution in [2.45, 2.75) is 73.4 Å². The molecule has 1 heterocycles. The topological polar surface area (TPSA) is 29.9 Å². The maximum Gasteiger partial charge on any atom is 0.0766 e. The Labute approximate surface area is 139 Å². The Morgan fingerprint density at radius 2 is 1.81 bits per heavy atom. The highest BCUT2D eigenvalue weighted by Gasteiger charge is 2.21. The van der Waals surface area contributed by atoms with Crippen LogP contribution in [0.1, 0.15) is 59.9 Å². The molecule has 0 spiro atoms. The van der Waals surface area contributed by atoms with Gasteiger partial charge in [0.05, 0.1) is 15.9 Å². The van der Waals surface area contributed by atoms with E-state index in [0.29, 0.717) is 11.8 Å². The van der Waals surface area contributed by atoms with Gasteiger partial charge in [-0.15, -0.1) is 0 Å². The molecule has 0 saturated heterocycles. The van der Waals surface area contributed by atoms with Crippen LogP contribution in [0.15, 0.2) is 4.47 Å². The molecule has 21 heavy (non-hydrogen) atoms. The summed E-state index contributed by atoms with van der Waals surface area (Å²) in [6, 6.07) is 0. The first-order valence-corrected chi connectivity index (χ1v) is 8.97. The number of nitrogens with one attached hydrogen (secondary N) is 1. The van der Waals surface area contributed by atoms with E-state index in [2.05, 4.69) is 74.4 Å². The van der Waals surface area contributed by atoms with E-state index >= 15 is 0 Å². The largest absolute Gasteiger partial charge is 0.312 e. The van der Waals surface area contributed by atoms with Crippen molar-refractivity contribution in [3.63, 3.8) is 0 Å². The lowest BCUT2D eigenvalue weighted by molar-refractivity contribution is 0.313. The summed E-state index contributed by atoms with van der Waals surface area (Å²) in [6.45, 7) is 17.7. The minimum Gasteiger partial charge on any atom is -0.312 e. The fraction of sp³-hybridized carbons (Fsp3) is 0.824. The van der Waals surface area contributed by atoms with Crippen LogP contribution in [0.4, 0.5) is 0 Å². The van der Waals surface area contributed by atoms with E-state index in [4.69, 9.17) is 5.10 Å². The summed E-state index contributed by atoms with van der Waals surface area (Å²) in [5.41, 5.74) is 2.72. The Balaban J connectivity index is 2.74. The van der Waals surface area contributed by atoms with Crippen molar-refractivity contribution in [1.29, 1.82) is 0 Å². The lowest BCUT2D eigenvalue weighted by Crippen LogP contribution is -2.40. The second-order valence-corrected chi connectivity index (χ2v) is 7.96. The average molecular weight is 358 g/mol. The van der Waals surface area contributed by atoms with Crippen LogP contribution in [0, 0.1) is 11.8 Å². The zero-order chi connectivity index (χ0) is 16.2. The van der Waals surface area contributed by atoms with Crippen molar-refractivity contribution in [1.82, 2.24) is 15.1 Å². The smallest absolute Gasteiger partial charge is 0.0766 e. The Morgan fingerprint density at radius 1 is 1.19 bits per heavy atom. The second kappa shape index (κ2) is 7.77. The van der Waals surface area contributed by atoms with Gasteiger partial charge in [-0.2, -0.15) is 5.10 Å². The van der Waals surface area contributed by atoms with Gasteiger partial charge in [-0.25, -0.2) is 0 Å². The first-order valence-electron chi connectivity index (χ1n) is 8.18. The third kappa shape index (κ3) is 5.41. The third-order valence-electron chi connectivity index (χ3n) is 4.14. The van der Waals surface area contributed by atoms with Crippen LogP contribution in [0.5, 0.6) is 0 Å². The van der Waals surface area contributed by atoms with Crippen molar-refractivity contribution in [2.75, 3.05) is 6.54 Å². The van der Waals surface area contributed by atoms with Gasteiger partial charge in [0, 0.05) is 12.1 Å². The average Bonchev–Trinajstić information content (AvgIpc) is 2.71. The van der Waals surface area contributed by atoms with Crippen LogP contribution < -0.4 is 5.32 Å². The maximum absolute atomic E-state index is 4.70. The van der Waals surface area contributed by atoms with Gasteiger partial charge in [-0.1, -0.05) is 20.8 Å². The van der Waals surface area contributed by atoms with E-state index in [1.807, 2.05) is 0 Å². The summed E-state index contributed by atoms with van der Waals surface area (Å²) >= 11 is 3.75. The number of halogens is 1. The molecule has 122 valence electrons. The Kier molecular flexibility index (Phi) is 6.92. The Morgan fingerprint density at radius 3 is 2.29 bits per heavy atom. The fourth-order valence-corrected chi connectivity index (χ4v) is 3.11. The highest BCUT2D eigenvalue weighted by atomic mass is 79.9. The maximum atomic E-state index is 4.70. The lowest BCUT2D eigenvalue weighted by Gasteiger charge is -2.27. The second-order valence-electron chi connectivity index (χ2n) is 7.17. The molecular weight excluding hydrogens is 326 g/mol. The number of nitrogens with zero attached hydrogens (tertiary/aromatic N) is 2. The molecule has 3 nitrogen and oxygen atoms in total. The van der Waals surface area contributed by atoms with Crippen LogP contribution in [-0.4, -0.2) is 21.9 Å². The predicted octanol–water partition coefficient (Wildman–Crippen LogP) is 4.43. The van der Waals surface area contributed by atoms with Crippen LogP contribution >= 0.6 is 15.9 Å². The monoisotopic (exact) mass is 357 g/mol. The molecule has 0 saturated carbocycles. The molecule has 0 fully saturated rings. The summed E-state index contributed by atoms with van der Waals surface area (Å²) < 4.78 is 3.37. The molecule has 2 unspecified atom stereocenters. The summed E-state index contributed by atoms with van der Waals surface area (Å²) in [7, 11) is 0. The van der Waals surface area contributed by atoms with Crippen molar-refractivity contribution < 1.29 is 0 Å². The number of aromatic nitrogens is 2. The van der Waals surface area contributed by atoms with Crippen molar-refractivity contribution in [3.8, 4) is 0 Å². The van der Waals surface area contributed by atoms with Crippen LogP contribution in [0.25, 0.3) is 0 Å². The van der Waals surface area contributed by atoms with Gasteiger partial charge in [-0.3, -0.25) is 4.68 Å². The normalized spacial score (nSPS) is 15.2. The fourth-order valence-electron chi connectivity index (χ4n) is 2.39. The molecule has 1 rings (SSSR count). The molecule has 1 aromatic rings. The van der Waals surface area contributed by atoms with Gasteiger partial charge in [0.1, 0.15) is 0 Å². The molecule has 0 aromatic carbocycles. The van der Waals surface area contributed by atoms with Gasteiger partial charge in [0.25, 0.3) is 0 Å². The lowest BCUT2D eigenvalue weighted by atomic mass is 9.90. The molecule has 4 heteroatoms. The SMILES string of the molecule is CCc1nn(CC)c(CC(C)C(C)CNC(C)(C)C)c1Br. The van der Waals surface area contributed by atoms with Crippen molar-refractivity contribution in [2.24, 2.45) is 11.8 Å². The molecule has 1 aromatic heterocycles. The van der Waals surface area contributed by atoms with E-state index < -0.39 is 0 Å². The molecule has 0 aliphatic carbocycles. The molecule has 0 aliphatic rings. The van der Waals surface area contributed by atoms with Gasteiger partial charge in [0.2, 0.25) is 0 Å². The van der Waals surface area contributed by atoms with Gasteiger partial charge < -0.3 is 5.32 Å². The van der Waals surface area contributed by atoms with E-state index in [1.165, 1.54) is 15.9 Å². The predicted molar refractivity (Wildman–Crippen MR) is 94.8 cm³/mol. The third-order valence-corrected chi connectivity index (χ3v) is 5.05. The Bertz CT molecular complexity index is 446. The van der Waals surface area contributed by atoms with E-state index in [-0.39, 0.29) is 5.54 Å². The summed E-state index contributed by atoms with van der Waals surface area (Å²) in [6.07, 6.45) is 2.06. The zero-order valence-electron chi connectivity index (χ0n) is 14.8. The number of hydrogen-bond donors (Lipinski definition) is 1. The van der Waals surface area contributed by atoms with Crippen molar-refractivity contribution in [3.05, 3.63) is 15.9 Å². The van der Waals surface area contributed by atoms with Crippen LogP contribution in [0.2, 0.25) is 0 Å². The van der Waals surface area contributed by atoms with E-state index in [0.717, 1.165) is 25.9 Å². The highest BCUT2D eigenvalue weighted by molar-refractivity contribution is 9.10. The summed E-state index contributed by atoms with van der Waals surface area (Å²) in [5, 5.41) is 8.31. The molecule has 0 radical (unpaired) electrons. The summed E-state index contributed by atoms with van der Waals surface area (Å²) in [5.74, 6) is 1.27. The van der Waals surface area contributed by atoms with Crippen LogP contribution in [0.3, 0.4) is 0 Å². The standard InChI is InChI=1S/C17H32BrN3/c1-8-14-16(18)15(21(9-2)20-14)10-12(3)13(4)11-19-17(5,6)7/h12-13,19H,8-11H2,1-7H3. The molecular formula is C17H32BrN3. The summed E-state index contributed by atoms with van der Waals surface area (Å²) in [4.78, 5) is 0. The molecule has 1 N–H and O–H groups in total. The van der Waals surface area contributed by atoms with Crippen molar-refractivity contribution >= 4 is 15.9 Å². The van der Waals surface area contributed by atoms with E-state index in [9.17, 15) is 0 Å². The minimum atomic E-state index is 0.190. The number of aryl methyl sites for hydroxylation is 2. The number of hydrogen-bond acceptors (Lipinski definition) is 2. The first-order chi connectivity index (χ1) is 9.69. The number of rotatable bonds is 7. The molecule has 0 aliphatic heterocycles. The highest BCUT2D eigenvalue weighted by Crippen LogP contribution is 2.27. The van der Waals surface area contributed by atoms with Gasteiger partial charge in [-0.05, 0) is 74.8 Å². The Hall–Kier alpha value is -0.350. The van der Waals surface area contributed by atoms with Gasteiger partial charge in [0.15, 0.2) is 0 Å².